The highest BCUT2D eigenvalue weighted by Gasteiger charge is 2.44. The van der Waals surface area contributed by atoms with Gasteiger partial charge in [0, 0.05) is 85.6 Å². The zero-order chi connectivity index (χ0) is 97.0. The first kappa shape index (κ1) is 102. The molecule has 42 nitrogen and oxygen atoms in total. The van der Waals surface area contributed by atoms with E-state index in [2.05, 4.69) is 63.2 Å². The average Bonchev–Trinajstić information content (AvgIpc) is 1.60. The Balaban J connectivity index is 0.679. The second-order valence-electron chi connectivity index (χ2n) is 32.4. The number of fused-ring (bicyclic) bond motifs is 1. The zero-order valence-corrected chi connectivity index (χ0v) is 77.1. The maximum atomic E-state index is 14.6. The quantitative estimate of drug-likeness (QED) is 0.0143. The Labute approximate surface area is 790 Å². The van der Waals surface area contributed by atoms with E-state index in [1.54, 1.807) is 98.6 Å². The molecule has 0 aliphatic carbocycles. The van der Waals surface area contributed by atoms with E-state index in [-0.39, 0.29) is 129 Å². The minimum Gasteiger partial charge on any atom is -0.496 e. The first-order valence-electron chi connectivity index (χ1n) is 43.6. The molecular formula is C90H108ClFN17O25S2+. The molecule has 12 rings (SSSR count). The van der Waals surface area contributed by atoms with Crippen molar-refractivity contribution in [2.45, 2.75) is 121 Å². The highest BCUT2D eigenvalue weighted by molar-refractivity contribution is 7.88. The zero-order valence-electron chi connectivity index (χ0n) is 74.8. The second-order valence-corrected chi connectivity index (χ2v) is 35.3. The molecule has 46 heteroatoms. The van der Waals surface area contributed by atoms with Gasteiger partial charge in [-0.1, -0.05) is 85.3 Å². The molecule has 3 aliphatic heterocycles. The lowest BCUT2D eigenvalue weighted by molar-refractivity contribution is -0.926. The number of thiophene rings is 1. The average molecular weight is 1950 g/mol. The standard InChI is InChI=1S/C90H107ClFN17O25S2/c1-54(2)77(102-72(111)26-37-126-39-34-108-73(112)23-24-74(108)113)84(118)101-66(12-9-27-95-89(93)121)83(117)100-61-21-17-58(59(44-61)50-128-51-63-47-107(105-103-63)33-41-131-90(122)104-136(123,124)98-29-38-127-42-43-130-88-80(116)79(115)78(114)71(49-110)134-88)48-109(3)35-30-106(31-36-109)32-40-129-69-22-18-57(45-65(69)91)75-76-85(96-53-97-86(76)135-81(75)55-15-19-60(92)20-16-55)133-70(87(119)120)46-56-10-5-7-13-67(56)132-52-62-25-28-94-82(99-62)64-11-6-8-14-68(64)125-4/h5-8,10-11,13-25,28,44-45,47,53-54,66,70-71,77-80,88,98,110,114-116H,9,12,26-27,29-43,46,48-52H2,1-4H3,(H7-,93,95,100,101,102,104,111,117,118,119,120,121,122)/p+1/t66-,70+,71+,77-,78+,79-,80+,88+/m0/s1. The molecule has 8 amide bonds. The van der Waals surface area contributed by atoms with Crippen LogP contribution in [-0.4, -0.2) is 299 Å². The van der Waals surface area contributed by atoms with Crippen molar-refractivity contribution in [2.75, 3.05) is 125 Å². The van der Waals surface area contributed by atoms with E-state index >= 15 is 0 Å². The molecule has 0 unspecified atom stereocenters. The number of aromatic nitrogens is 7. The predicted molar refractivity (Wildman–Crippen MR) is 488 cm³/mol. The number of primary amides is 1. The van der Waals surface area contributed by atoms with Crippen LogP contribution in [0.3, 0.4) is 0 Å². The molecule has 4 aromatic heterocycles. The number of aliphatic hydroxyl groups is 4. The number of nitrogens with zero attached hydrogens (tertiary/aromatic N) is 10. The molecule has 7 heterocycles. The van der Waals surface area contributed by atoms with E-state index in [4.69, 9.17) is 69.7 Å². The lowest BCUT2D eigenvalue weighted by atomic mass is 9.99. The summed E-state index contributed by atoms with van der Waals surface area (Å²) in [7, 11) is -0.729. The lowest BCUT2D eigenvalue weighted by Crippen LogP contribution is -2.59. The van der Waals surface area contributed by atoms with Gasteiger partial charge in [0.05, 0.1) is 121 Å². The number of anilines is 1. The molecule has 2 saturated heterocycles. The number of ether oxygens (including phenoxy) is 10. The Morgan fingerprint density at radius 3 is 2.24 bits per heavy atom. The number of imide groups is 1. The van der Waals surface area contributed by atoms with Crippen LogP contribution >= 0.6 is 22.9 Å². The number of rotatable bonds is 51. The van der Waals surface area contributed by atoms with Crippen molar-refractivity contribution < 1.29 is 129 Å². The number of nitrogens with one attached hydrogen (secondary N) is 6. The number of aliphatic hydroxyl groups excluding tert-OH is 4. The second kappa shape index (κ2) is 49.3. The number of methoxy groups -OCH3 is 1. The van der Waals surface area contributed by atoms with Crippen molar-refractivity contribution in [2.24, 2.45) is 11.7 Å². The highest BCUT2D eigenvalue weighted by atomic mass is 35.5. The largest absolute Gasteiger partial charge is 0.496 e. The summed E-state index contributed by atoms with van der Waals surface area (Å²) in [5.74, 6) is -3.22. The summed E-state index contributed by atoms with van der Waals surface area (Å²) in [6.45, 7) is 5.31. The summed E-state index contributed by atoms with van der Waals surface area (Å²) in [6, 6.07) is 29.5. The van der Waals surface area contributed by atoms with Gasteiger partial charge >= 0.3 is 28.3 Å². The highest BCUT2D eigenvalue weighted by Crippen LogP contribution is 2.48. The first-order valence-corrected chi connectivity index (χ1v) is 46.2. The van der Waals surface area contributed by atoms with Crippen LogP contribution in [0.2, 0.25) is 5.02 Å². The van der Waals surface area contributed by atoms with Gasteiger partial charge in [0.2, 0.25) is 29.7 Å². The van der Waals surface area contributed by atoms with Gasteiger partial charge in [-0.15, -0.1) is 16.4 Å². The molecule has 9 aromatic rings. The Bertz CT molecular complexity index is 5760. The molecule has 728 valence electrons. The van der Waals surface area contributed by atoms with E-state index in [1.807, 2.05) is 36.4 Å². The van der Waals surface area contributed by atoms with Crippen molar-refractivity contribution >= 4 is 96.7 Å². The van der Waals surface area contributed by atoms with E-state index in [9.17, 15) is 76.7 Å². The maximum Gasteiger partial charge on any atom is 0.421 e. The number of benzene rings is 5. The number of carboxylic acid groups (broad SMARTS) is 1. The number of hydrogen-bond acceptors (Lipinski definition) is 32. The number of carboxylic acids is 1. The Morgan fingerprint density at radius 1 is 0.743 bits per heavy atom. The fourth-order valence-corrected chi connectivity index (χ4v) is 17.0. The van der Waals surface area contributed by atoms with Gasteiger partial charge in [0.1, 0.15) is 103 Å². The van der Waals surface area contributed by atoms with Crippen molar-refractivity contribution in [3.8, 4) is 56.1 Å². The van der Waals surface area contributed by atoms with Crippen LogP contribution in [-0.2, 0) is 107 Å². The molecule has 0 bridgehead atoms. The number of amides is 8. The molecule has 136 heavy (non-hydrogen) atoms. The van der Waals surface area contributed by atoms with E-state index in [0.717, 1.165) is 22.6 Å². The number of carbonyl (C=O) groups excluding carboxylic acids is 7. The minimum absolute atomic E-state index is 0.0132. The van der Waals surface area contributed by atoms with Crippen molar-refractivity contribution in [3.05, 3.63) is 185 Å². The van der Waals surface area contributed by atoms with Gasteiger partial charge in [-0.2, -0.15) is 13.1 Å². The predicted octanol–water partition coefficient (Wildman–Crippen LogP) is 4.32. The van der Waals surface area contributed by atoms with Crippen LogP contribution in [0.1, 0.15) is 61.2 Å². The topological polar surface area (TPSA) is 551 Å². The van der Waals surface area contributed by atoms with Crippen LogP contribution in [0.25, 0.3) is 43.2 Å². The molecule has 0 saturated carbocycles. The third-order valence-electron chi connectivity index (χ3n) is 22.2. The van der Waals surface area contributed by atoms with Crippen LogP contribution in [0.4, 0.5) is 19.7 Å². The summed E-state index contributed by atoms with van der Waals surface area (Å²) >= 11 is 8.45. The summed E-state index contributed by atoms with van der Waals surface area (Å²) in [5, 5.41) is 70.2. The number of hydrogen-bond donors (Lipinski definition) is 12. The SMILES string of the molecule is COc1ccccc1-c1nccc(COc2ccccc2C[C@@H](Oc2ncnc3sc(-c4ccc(F)cc4)c(-c4ccc(OCCN5CC[N+](C)(Cc6ccc(NC(=O)[C@H](CCCNC(N)=O)NC(=O)[C@@H](NC(=O)CCOCCN7C(=O)C=CC7=O)C(C)C)cc6COCc6cn(CCOC(=O)NS(=O)(=O)NCCOCCO[C@@H]7O[C@H](CO)[C@@H](O)[C@H](O)[C@H]7O)nn6)CC5)c(Cl)c4)c23)C(=O)O)n1. The minimum atomic E-state index is -4.42. The fourth-order valence-electron chi connectivity index (χ4n) is 14.9. The number of para-hydroxylation sites is 2. The summed E-state index contributed by atoms with van der Waals surface area (Å²) < 4.78 is 103. The number of quaternary nitrogens is 1. The number of halogens is 2. The number of carbonyl (C=O) groups is 8. The van der Waals surface area contributed by atoms with E-state index < -0.39 is 125 Å². The van der Waals surface area contributed by atoms with Crippen LogP contribution in [0.15, 0.2) is 146 Å². The number of nitrogens with two attached hydrogens (primary N) is 1. The van der Waals surface area contributed by atoms with Crippen LogP contribution in [0.5, 0.6) is 23.1 Å². The summed E-state index contributed by atoms with van der Waals surface area (Å²) in [6.07, 6.45) is -3.57. The summed E-state index contributed by atoms with van der Waals surface area (Å²) in [4.78, 5) is 126. The molecule has 3 aliphatic rings. The van der Waals surface area contributed by atoms with Crippen molar-refractivity contribution in [1.82, 2.24) is 70.1 Å². The number of aliphatic carboxylic acids is 1. The van der Waals surface area contributed by atoms with Gasteiger partial charge in [-0.3, -0.25) is 33.8 Å². The smallest absolute Gasteiger partial charge is 0.421 e. The Morgan fingerprint density at radius 2 is 1.49 bits per heavy atom. The lowest BCUT2D eigenvalue weighted by Gasteiger charge is -2.42. The molecule has 0 spiro atoms. The van der Waals surface area contributed by atoms with Crippen LogP contribution in [0, 0.1) is 11.7 Å². The van der Waals surface area contributed by atoms with Crippen LogP contribution < -0.4 is 55.4 Å². The normalized spacial score (nSPS) is 17.3. The Hall–Kier alpha value is -12.4. The number of likely N-dealkylation sites (N-methyl/N-ethyl adjacent to an activating group) is 1. The third-order valence-corrected chi connectivity index (χ3v) is 24.7. The maximum absolute atomic E-state index is 14.6. The van der Waals surface area contributed by atoms with Crippen molar-refractivity contribution in [1.29, 1.82) is 0 Å². The number of piperazine rings is 1. The molecular weight excluding hydrogens is 1840 g/mol. The molecule has 2 fully saturated rings. The van der Waals surface area contributed by atoms with Gasteiger partial charge < -0.3 is 104 Å². The van der Waals surface area contributed by atoms with Gasteiger partial charge in [-0.05, 0) is 102 Å². The molecule has 5 aromatic carbocycles. The van der Waals surface area contributed by atoms with Gasteiger partial charge in [0.15, 0.2) is 12.1 Å². The van der Waals surface area contributed by atoms with Crippen molar-refractivity contribution in [3.63, 3.8) is 0 Å². The number of urea groups is 1. The third kappa shape index (κ3) is 29.1. The van der Waals surface area contributed by atoms with E-state index in [0.29, 0.717) is 132 Å². The molecule has 13 N–H and O–H groups in total. The first-order chi connectivity index (χ1) is 65.4. The summed E-state index contributed by atoms with van der Waals surface area (Å²) in [5.41, 5.74) is 11.1. The molecule has 0 radical (unpaired) electrons. The monoisotopic (exact) mass is 1940 g/mol. The Kier molecular flexibility index (Phi) is 37.2. The molecule has 8 atom stereocenters. The van der Waals surface area contributed by atoms with E-state index in [1.165, 1.54) is 40.7 Å². The van der Waals surface area contributed by atoms with Gasteiger partial charge in [0.25, 0.3) is 11.8 Å². The van der Waals surface area contributed by atoms with Gasteiger partial charge in [-0.25, -0.2) is 48.1 Å². The fraction of sp³-hybridized carbons (Fsp3) is 0.422.